The summed E-state index contributed by atoms with van der Waals surface area (Å²) in [6.45, 7) is 9.14. The third-order valence-electron chi connectivity index (χ3n) is 6.15. The van der Waals surface area contributed by atoms with Crippen molar-refractivity contribution in [2.75, 3.05) is 10.8 Å². The molecule has 0 aliphatic heterocycles. The molecule has 0 saturated carbocycles. The van der Waals surface area contributed by atoms with E-state index >= 15 is 0 Å². The third-order valence-corrected chi connectivity index (χ3v) is 7.94. The zero-order valence-corrected chi connectivity index (χ0v) is 23.5. The van der Waals surface area contributed by atoms with Gasteiger partial charge >= 0.3 is 0 Å². The molecule has 0 aliphatic rings. The quantitative estimate of drug-likeness (QED) is 0.381. The van der Waals surface area contributed by atoms with Crippen LogP contribution in [-0.2, 0) is 26.2 Å². The first-order valence-corrected chi connectivity index (χ1v) is 14.3. The van der Waals surface area contributed by atoms with E-state index in [1.165, 1.54) is 17.0 Å². The van der Waals surface area contributed by atoms with Gasteiger partial charge in [0.05, 0.1) is 10.6 Å². The van der Waals surface area contributed by atoms with Crippen LogP contribution in [0.4, 0.5) is 5.69 Å². The zero-order valence-electron chi connectivity index (χ0n) is 22.7. The van der Waals surface area contributed by atoms with Crippen LogP contribution in [0, 0.1) is 13.8 Å². The molecule has 0 radical (unpaired) electrons. The zero-order chi connectivity index (χ0) is 27.9. The van der Waals surface area contributed by atoms with Crippen molar-refractivity contribution in [1.29, 1.82) is 0 Å². The van der Waals surface area contributed by atoms with Crippen LogP contribution in [0.3, 0.4) is 0 Å². The molecule has 0 spiro atoms. The molecule has 3 aromatic carbocycles. The van der Waals surface area contributed by atoms with Crippen LogP contribution in [0.5, 0.6) is 0 Å². The summed E-state index contributed by atoms with van der Waals surface area (Å²) >= 11 is 0. The highest BCUT2D eigenvalue weighted by Crippen LogP contribution is 2.25. The number of hydrogen-bond acceptors (Lipinski definition) is 4. The average Bonchev–Trinajstić information content (AvgIpc) is 2.87. The molecular weight excluding hydrogens is 498 g/mol. The summed E-state index contributed by atoms with van der Waals surface area (Å²) in [7, 11) is -4.07. The standard InChI is InChI=1S/C30H37N3O4S/c1-6-28(30(35)31-22(2)3)32(20-25-14-10-12-23(4)18-25)29(34)21-33(26-15-11-13-24(5)19-26)38(36,37)27-16-8-7-9-17-27/h7-19,22,28H,6,20-21H2,1-5H3,(H,31,35). The highest BCUT2D eigenvalue weighted by molar-refractivity contribution is 7.92. The Morgan fingerprint density at radius 2 is 1.50 bits per heavy atom. The predicted molar refractivity (Wildman–Crippen MR) is 151 cm³/mol. The molecule has 0 bridgehead atoms. The summed E-state index contributed by atoms with van der Waals surface area (Å²) in [6.07, 6.45) is 0.381. The van der Waals surface area contributed by atoms with Crippen LogP contribution < -0.4 is 9.62 Å². The summed E-state index contributed by atoms with van der Waals surface area (Å²) in [5, 5.41) is 2.91. The van der Waals surface area contributed by atoms with E-state index in [9.17, 15) is 18.0 Å². The number of nitrogens with zero attached hydrogens (tertiary/aromatic N) is 2. The maximum Gasteiger partial charge on any atom is 0.264 e. The lowest BCUT2D eigenvalue weighted by Gasteiger charge is -2.33. The fourth-order valence-electron chi connectivity index (χ4n) is 4.34. The minimum atomic E-state index is -4.07. The van der Waals surface area contributed by atoms with Gasteiger partial charge < -0.3 is 10.2 Å². The van der Waals surface area contributed by atoms with Crippen LogP contribution in [-0.4, -0.2) is 43.8 Å². The Labute approximate surface area is 226 Å². The summed E-state index contributed by atoms with van der Waals surface area (Å²) in [5.41, 5.74) is 3.14. The van der Waals surface area contributed by atoms with Gasteiger partial charge in [0.15, 0.2) is 0 Å². The van der Waals surface area contributed by atoms with Gasteiger partial charge in [0.2, 0.25) is 11.8 Å². The van der Waals surface area contributed by atoms with Gasteiger partial charge in [-0.05, 0) is 69.5 Å². The molecule has 3 rings (SSSR count). The van der Waals surface area contributed by atoms with E-state index in [0.717, 1.165) is 21.0 Å². The van der Waals surface area contributed by atoms with E-state index in [2.05, 4.69) is 5.32 Å². The first-order chi connectivity index (χ1) is 18.0. The minimum absolute atomic E-state index is 0.0872. The highest BCUT2D eigenvalue weighted by atomic mass is 32.2. The molecule has 7 nitrogen and oxygen atoms in total. The lowest BCUT2D eigenvalue weighted by Crippen LogP contribution is -2.53. The molecule has 0 saturated heterocycles. The van der Waals surface area contributed by atoms with Gasteiger partial charge in [-0.3, -0.25) is 13.9 Å². The van der Waals surface area contributed by atoms with Crippen LogP contribution in [0.2, 0.25) is 0 Å². The number of carbonyl (C=O) groups excluding carboxylic acids is 2. The second-order valence-electron chi connectivity index (χ2n) is 9.76. The number of hydrogen-bond donors (Lipinski definition) is 1. The van der Waals surface area contributed by atoms with Crippen molar-refractivity contribution in [2.24, 2.45) is 0 Å². The van der Waals surface area contributed by atoms with Gasteiger partial charge in [-0.25, -0.2) is 8.42 Å². The van der Waals surface area contributed by atoms with Crippen molar-refractivity contribution in [3.8, 4) is 0 Å². The fraction of sp³-hybridized carbons (Fsp3) is 0.333. The van der Waals surface area contributed by atoms with Crippen LogP contribution in [0.15, 0.2) is 83.8 Å². The molecular formula is C30H37N3O4S. The number of amides is 2. The molecule has 202 valence electrons. The normalized spacial score (nSPS) is 12.2. The van der Waals surface area contributed by atoms with Crippen LogP contribution in [0.25, 0.3) is 0 Å². The molecule has 2 amide bonds. The Balaban J connectivity index is 2.06. The number of benzene rings is 3. The molecule has 0 heterocycles. The molecule has 8 heteroatoms. The maximum atomic E-state index is 14.0. The summed E-state index contributed by atoms with van der Waals surface area (Å²) in [6, 6.07) is 22.0. The first kappa shape index (κ1) is 28.9. The Hall–Kier alpha value is -3.65. The van der Waals surface area contributed by atoms with Gasteiger partial charge in [-0.2, -0.15) is 0 Å². The van der Waals surface area contributed by atoms with E-state index in [0.29, 0.717) is 12.1 Å². The third kappa shape index (κ3) is 7.22. The number of anilines is 1. The Kier molecular flexibility index (Phi) is 9.69. The SMILES string of the molecule is CCC(C(=O)NC(C)C)N(Cc1cccc(C)c1)C(=O)CN(c1cccc(C)c1)S(=O)(=O)c1ccccc1. The predicted octanol–water partition coefficient (Wildman–Crippen LogP) is 4.83. The van der Waals surface area contributed by atoms with Crippen molar-refractivity contribution in [3.05, 3.63) is 95.6 Å². The number of nitrogens with one attached hydrogen (secondary N) is 1. The van der Waals surface area contributed by atoms with Crippen molar-refractivity contribution in [2.45, 2.75) is 64.6 Å². The number of carbonyl (C=O) groups is 2. The first-order valence-electron chi connectivity index (χ1n) is 12.8. The molecule has 1 atom stereocenters. The lowest BCUT2D eigenvalue weighted by molar-refractivity contribution is -0.140. The molecule has 1 unspecified atom stereocenters. The second-order valence-corrected chi connectivity index (χ2v) is 11.6. The van der Waals surface area contributed by atoms with Crippen LogP contribution >= 0.6 is 0 Å². The van der Waals surface area contributed by atoms with E-state index in [1.54, 1.807) is 36.4 Å². The molecule has 38 heavy (non-hydrogen) atoms. The van der Waals surface area contributed by atoms with E-state index < -0.39 is 28.5 Å². The smallest absolute Gasteiger partial charge is 0.264 e. The second kappa shape index (κ2) is 12.7. The largest absolute Gasteiger partial charge is 0.352 e. The van der Waals surface area contributed by atoms with Gasteiger partial charge in [0, 0.05) is 12.6 Å². The minimum Gasteiger partial charge on any atom is -0.352 e. The average molecular weight is 536 g/mol. The van der Waals surface area contributed by atoms with Gasteiger partial charge in [-0.1, -0.05) is 67.1 Å². The van der Waals surface area contributed by atoms with Crippen molar-refractivity contribution >= 4 is 27.5 Å². The molecule has 1 N–H and O–H groups in total. The van der Waals surface area contributed by atoms with Gasteiger partial charge in [0.25, 0.3) is 10.0 Å². The summed E-state index contributed by atoms with van der Waals surface area (Å²) in [5.74, 6) is -0.727. The summed E-state index contributed by atoms with van der Waals surface area (Å²) in [4.78, 5) is 28.8. The fourth-order valence-corrected chi connectivity index (χ4v) is 5.77. The van der Waals surface area contributed by atoms with E-state index in [1.807, 2.05) is 65.0 Å². The number of rotatable bonds is 11. The topological polar surface area (TPSA) is 86.8 Å². The van der Waals surface area contributed by atoms with Crippen molar-refractivity contribution in [3.63, 3.8) is 0 Å². The van der Waals surface area contributed by atoms with Crippen molar-refractivity contribution in [1.82, 2.24) is 10.2 Å². The molecule has 0 fully saturated rings. The molecule has 3 aromatic rings. The lowest BCUT2D eigenvalue weighted by atomic mass is 10.1. The number of aryl methyl sites for hydroxylation is 2. The van der Waals surface area contributed by atoms with E-state index in [4.69, 9.17) is 0 Å². The van der Waals surface area contributed by atoms with Gasteiger partial charge in [0.1, 0.15) is 12.6 Å². The summed E-state index contributed by atoms with van der Waals surface area (Å²) < 4.78 is 28.7. The maximum absolute atomic E-state index is 14.0. The highest BCUT2D eigenvalue weighted by Gasteiger charge is 2.33. The Morgan fingerprint density at radius 1 is 0.868 bits per heavy atom. The van der Waals surface area contributed by atoms with E-state index in [-0.39, 0.29) is 23.4 Å². The Bertz CT molecular complexity index is 1360. The van der Waals surface area contributed by atoms with Crippen molar-refractivity contribution < 1.29 is 18.0 Å². The number of sulfonamides is 1. The molecule has 0 aromatic heterocycles. The Morgan fingerprint density at radius 3 is 2.08 bits per heavy atom. The monoisotopic (exact) mass is 535 g/mol. The molecule has 0 aliphatic carbocycles. The van der Waals surface area contributed by atoms with Crippen LogP contribution in [0.1, 0.15) is 43.9 Å². The van der Waals surface area contributed by atoms with Gasteiger partial charge in [-0.15, -0.1) is 0 Å².